The Kier molecular flexibility index (Phi) is 7.18. The number of carbonyl (C=O) groups is 2. The molecule has 2 heterocycles. The number of hydrogen-bond donors (Lipinski definition) is 1. The Labute approximate surface area is 203 Å². The van der Waals surface area contributed by atoms with Crippen LogP contribution in [0.15, 0.2) is 59.8 Å². The van der Waals surface area contributed by atoms with Crippen molar-refractivity contribution in [2.24, 2.45) is 13.0 Å². The first-order chi connectivity index (χ1) is 16.2. The number of ketones is 1. The summed E-state index contributed by atoms with van der Waals surface area (Å²) >= 11 is 1.28. The van der Waals surface area contributed by atoms with E-state index in [1.807, 2.05) is 41.9 Å². The number of nitrogens with zero attached hydrogens (tertiary/aromatic N) is 3. The maximum absolute atomic E-state index is 13.3. The fourth-order valence-electron chi connectivity index (χ4n) is 3.95. The van der Waals surface area contributed by atoms with Gasteiger partial charge < -0.3 is 9.88 Å². The van der Waals surface area contributed by atoms with Crippen LogP contribution in [-0.2, 0) is 28.1 Å². The Morgan fingerprint density at radius 2 is 1.91 bits per heavy atom. The standard InChI is InChI=1S/C24H26N4O4S2/c1-16(29)19-9-6-10-20(14-19)25-23(30)22(18-7-4-3-5-8-18)33-24-27-26-21(28(24)2)13-17-11-12-34(31,32)15-17/h3-10,14,17,22H,11-13,15H2,1-2H3,(H,25,30). The molecule has 1 aromatic heterocycles. The van der Waals surface area contributed by atoms with Crippen LogP contribution in [0.3, 0.4) is 0 Å². The molecule has 3 aromatic rings. The highest BCUT2D eigenvalue weighted by molar-refractivity contribution is 8.00. The molecule has 34 heavy (non-hydrogen) atoms. The minimum atomic E-state index is -2.96. The maximum atomic E-state index is 13.3. The van der Waals surface area contributed by atoms with E-state index in [1.54, 1.807) is 24.3 Å². The van der Waals surface area contributed by atoms with Gasteiger partial charge in [0.1, 0.15) is 11.1 Å². The van der Waals surface area contributed by atoms with Crippen LogP contribution in [0.4, 0.5) is 5.69 Å². The van der Waals surface area contributed by atoms with Gasteiger partial charge in [0.05, 0.1) is 11.5 Å². The normalized spacial score (nSPS) is 17.9. The van der Waals surface area contributed by atoms with Crippen LogP contribution < -0.4 is 5.32 Å². The van der Waals surface area contributed by atoms with Gasteiger partial charge in [-0.1, -0.05) is 54.2 Å². The zero-order chi connectivity index (χ0) is 24.3. The highest BCUT2D eigenvalue weighted by Crippen LogP contribution is 2.36. The van der Waals surface area contributed by atoms with Crippen molar-refractivity contribution in [3.63, 3.8) is 0 Å². The summed E-state index contributed by atoms with van der Waals surface area (Å²) in [6, 6.07) is 16.2. The molecule has 2 aromatic carbocycles. The second kappa shape index (κ2) is 10.1. The molecule has 178 valence electrons. The number of carbonyl (C=O) groups excluding carboxylic acids is 2. The van der Waals surface area contributed by atoms with Crippen LogP contribution >= 0.6 is 11.8 Å². The van der Waals surface area contributed by atoms with Crippen LogP contribution in [-0.4, -0.2) is 46.4 Å². The average molecular weight is 499 g/mol. The molecule has 2 atom stereocenters. The van der Waals surface area contributed by atoms with Crippen molar-refractivity contribution in [3.05, 3.63) is 71.5 Å². The molecule has 0 bridgehead atoms. The Morgan fingerprint density at radius 3 is 2.59 bits per heavy atom. The number of amides is 1. The molecule has 1 saturated heterocycles. The highest BCUT2D eigenvalue weighted by atomic mass is 32.2. The van der Waals surface area contributed by atoms with Crippen molar-refractivity contribution in [1.82, 2.24) is 14.8 Å². The number of Topliss-reactive ketones (excluding diaryl/α,β-unsaturated/α-hetero) is 1. The number of anilines is 1. The summed E-state index contributed by atoms with van der Waals surface area (Å²) in [5.41, 5.74) is 1.87. The number of sulfone groups is 1. The molecule has 0 aliphatic carbocycles. The lowest BCUT2D eigenvalue weighted by Gasteiger charge is -2.17. The van der Waals surface area contributed by atoms with E-state index < -0.39 is 15.1 Å². The lowest BCUT2D eigenvalue weighted by atomic mass is 10.1. The zero-order valence-electron chi connectivity index (χ0n) is 19.0. The molecule has 0 saturated carbocycles. The van der Waals surface area contributed by atoms with Gasteiger partial charge in [0.2, 0.25) is 5.91 Å². The summed E-state index contributed by atoms with van der Waals surface area (Å²) in [6.07, 6.45) is 1.16. The third-order valence-electron chi connectivity index (χ3n) is 5.82. The van der Waals surface area contributed by atoms with Crippen molar-refractivity contribution in [1.29, 1.82) is 0 Å². The zero-order valence-corrected chi connectivity index (χ0v) is 20.6. The second-order valence-corrected chi connectivity index (χ2v) is 11.8. The molecule has 1 amide bonds. The number of thioether (sulfide) groups is 1. The molecule has 0 spiro atoms. The van der Waals surface area contributed by atoms with Gasteiger partial charge in [0, 0.05) is 24.7 Å². The van der Waals surface area contributed by atoms with Crippen LogP contribution in [0.25, 0.3) is 0 Å². The van der Waals surface area contributed by atoms with Gasteiger partial charge in [-0.25, -0.2) is 8.42 Å². The molecule has 10 heteroatoms. The molecule has 1 fully saturated rings. The molecule has 8 nitrogen and oxygen atoms in total. The SMILES string of the molecule is CC(=O)c1cccc(NC(=O)C(Sc2nnc(CC3CCS(=O)(=O)C3)n2C)c2ccccc2)c1. The van der Waals surface area contributed by atoms with E-state index in [9.17, 15) is 18.0 Å². The summed E-state index contributed by atoms with van der Waals surface area (Å²) in [5.74, 6) is 0.808. The van der Waals surface area contributed by atoms with Gasteiger partial charge in [-0.2, -0.15) is 0 Å². The van der Waals surface area contributed by atoms with Crippen molar-refractivity contribution in [2.45, 2.75) is 30.2 Å². The Hall–Kier alpha value is -2.98. The van der Waals surface area contributed by atoms with Gasteiger partial charge >= 0.3 is 0 Å². The Balaban J connectivity index is 1.54. The van der Waals surface area contributed by atoms with Crippen LogP contribution in [0.2, 0.25) is 0 Å². The van der Waals surface area contributed by atoms with Gasteiger partial charge in [0.25, 0.3) is 0 Å². The molecular weight excluding hydrogens is 472 g/mol. The Morgan fingerprint density at radius 1 is 1.15 bits per heavy atom. The fraction of sp³-hybridized carbons (Fsp3) is 0.333. The number of benzene rings is 2. The summed E-state index contributed by atoms with van der Waals surface area (Å²) < 4.78 is 25.4. The predicted octanol–water partition coefficient (Wildman–Crippen LogP) is 3.47. The topological polar surface area (TPSA) is 111 Å². The van der Waals surface area contributed by atoms with Crippen LogP contribution in [0.1, 0.15) is 40.3 Å². The van der Waals surface area contributed by atoms with Gasteiger partial charge in [-0.3, -0.25) is 9.59 Å². The smallest absolute Gasteiger partial charge is 0.242 e. The minimum absolute atomic E-state index is 0.0347. The second-order valence-electron chi connectivity index (χ2n) is 8.47. The summed E-state index contributed by atoms with van der Waals surface area (Å²) in [4.78, 5) is 25.0. The summed E-state index contributed by atoms with van der Waals surface area (Å²) in [6.45, 7) is 1.48. The first-order valence-electron chi connectivity index (χ1n) is 10.9. The van der Waals surface area contributed by atoms with E-state index >= 15 is 0 Å². The van der Waals surface area contributed by atoms with Crippen molar-refractivity contribution in [2.75, 3.05) is 16.8 Å². The van der Waals surface area contributed by atoms with Gasteiger partial charge in [-0.15, -0.1) is 10.2 Å². The molecule has 1 aliphatic heterocycles. The lowest BCUT2D eigenvalue weighted by molar-refractivity contribution is -0.115. The maximum Gasteiger partial charge on any atom is 0.242 e. The molecule has 4 rings (SSSR count). The van der Waals surface area contributed by atoms with Crippen LogP contribution in [0, 0.1) is 5.92 Å². The largest absolute Gasteiger partial charge is 0.325 e. The van der Waals surface area contributed by atoms with E-state index in [0.29, 0.717) is 35.1 Å². The number of hydrogen-bond acceptors (Lipinski definition) is 7. The van der Waals surface area contributed by atoms with Crippen molar-refractivity contribution < 1.29 is 18.0 Å². The third kappa shape index (κ3) is 5.74. The Bertz CT molecular complexity index is 1310. The summed E-state index contributed by atoms with van der Waals surface area (Å²) in [7, 11) is -1.13. The number of rotatable bonds is 8. The molecular formula is C24H26N4O4S2. The average Bonchev–Trinajstić information content (AvgIpc) is 3.33. The number of nitrogens with one attached hydrogen (secondary N) is 1. The first kappa shape index (κ1) is 24.2. The van der Waals surface area contributed by atoms with Crippen molar-refractivity contribution >= 4 is 39.0 Å². The van der Waals surface area contributed by atoms with E-state index in [1.165, 1.54) is 18.7 Å². The van der Waals surface area contributed by atoms with E-state index in [2.05, 4.69) is 15.5 Å². The third-order valence-corrected chi connectivity index (χ3v) is 8.95. The van der Waals surface area contributed by atoms with Crippen LogP contribution in [0.5, 0.6) is 0 Å². The monoisotopic (exact) mass is 498 g/mol. The predicted molar refractivity (Wildman–Crippen MR) is 132 cm³/mol. The molecule has 1 aliphatic rings. The highest BCUT2D eigenvalue weighted by Gasteiger charge is 2.30. The molecule has 0 radical (unpaired) electrons. The van der Waals surface area contributed by atoms with E-state index in [0.717, 1.165) is 5.56 Å². The first-order valence-corrected chi connectivity index (χ1v) is 13.6. The fourth-order valence-corrected chi connectivity index (χ4v) is 6.83. The van der Waals surface area contributed by atoms with E-state index in [-0.39, 0.29) is 29.1 Å². The molecule has 2 unspecified atom stereocenters. The number of aromatic nitrogens is 3. The lowest BCUT2D eigenvalue weighted by Crippen LogP contribution is -2.19. The minimum Gasteiger partial charge on any atom is -0.325 e. The van der Waals surface area contributed by atoms with E-state index in [4.69, 9.17) is 0 Å². The summed E-state index contributed by atoms with van der Waals surface area (Å²) in [5, 5.41) is 11.4. The van der Waals surface area contributed by atoms with Gasteiger partial charge in [0.15, 0.2) is 20.8 Å². The van der Waals surface area contributed by atoms with Gasteiger partial charge in [-0.05, 0) is 37.0 Å². The quantitative estimate of drug-likeness (QED) is 0.374. The molecule has 1 N–H and O–H groups in total. The van der Waals surface area contributed by atoms with Crippen molar-refractivity contribution in [3.8, 4) is 0 Å².